The predicted octanol–water partition coefficient (Wildman–Crippen LogP) is 3.78. The maximum absolute atomic E-state index is 14.0. The van der Waals surface area contributed by atoms with Crippen LogP contribution >= 0.6 is 11.6 Å². The van der Waals surface area contributed by atoms with Crippen molar-refractivity contribution in [2.45, 2.75) is 76.4 Å². The predicted molar refractivity (Wildman–Crippen MR) is 90.5 cm³/mol. The van der Waals surface area contributed by atoms with Crippen LogP contribution in [-0.2, 0) is 4.74 Å². The lowest BCUT2D eigenvalue weighted by Crippen LogP contribution is -2.59. The Morgan fingerprint density at radius 3 is 2.36 bits per heavy atom. The fourth-order valence-electron chi connectivity index (χ4n) is 3.58. The second kappa shape index (κ2) is 6.94. The summed E-state index contributed by atoms with van der Waals surface area (Å²) in [5, 5.41) is 7.95. The van der Waals surface area contributed by atoms with Gasteiger partial charge < -0.3 is 14.4 Å². The quantitative estimate of drug-likeness (QED) is 0.791. The van der Waals surface area contributed by atoms with E-state index in [1.165, 1.54) is 0 Å². The second-order valence-electron chi connectivity index (χ2n) is 7.67. The van der Waals surface area contributed by atoms with E-state index < -0.39 is 11.8 Å². The molecule has 2 aliphatic rings. The molecule has 8 heteroatoms. The number of piperidine rings is 2. The Labute approximate surface area is 151 Å². The first-order chi connectivity index (χ1) is 11.7. The van der Waals surface area contributed by atoms with Gasteiger partial charge in [0.2, 0.25) is 5.88 Å². The molecule has 3 rings (SSSR count). The van der Waals surface area contributed by atoms with Crippen LogP contribution in [0.1, 0.15) is 46.5 Å². The molecule has 6 nitrogen and oxygen atoms in total. The Kier molecular flexibility index (Phi) is 5.04. The van der Waals surface area contributed by atoms with Crippen LogP contribution in [0.25, 0.3) is 0 Å². The van der Waals surface area contributed by atoms with Gasteiger partial charge in [0, 0.05) is 31.0 Å². The minimum absolute atomic E-state index is 0.142. The number of alkyl halides is 1. The molecule has 2 atom stereocenters. The van der Waals surface area contributed by atoms with Crippen LogP contribution in [-0.4, -0.2) is 51.2 Å². The largest absolute Gasteiger partial charge is 0.473 e. The van der Waals surface area contributed by atoms with Gasteiger partial charge in [-0.25, -0.2) is 9.18 Å². The smallest absolute Gasteiger partial charge is 0.410 e. The van der Waals surface area contributed by atoms with Crippen molar-refractivity contribution in [1.29, 1.82) is 0 Å². The lowest BCUT2D eigenvalue weighted by Gasteiger charge is -2.49. The van der Waals surface area contributed by atoms with Crippen molar-refractivity contribution < 1.29 is 18.7 Å². The summed E-state index contributed by atoms with van der Waals surface area (Å²) in [6, 6.07) is 2.80. The van der Waals surface area contributed by atoms with Crippen molar-refractivity contribution in [2.24, 2.45) is 0 Å². The number of ether oxygens (including phenoxy) is 2. The number of hydrogen-bond acceptors (Lipinski definition) is 5. The summed E-state index contributed by atoms with van der Waals surface area (Å²) in [5.74, 6) is 0.384. The van der Waals surface area contributed by atoms with E-state index in [0.717, 1.165) is 0 Å². The summed E-state index contributed by atoms with van der Waals surface area (Å²) in [6.07, 6.45) is 0.283. The lowest BCUT2D eigenvalue weighted by molar-refractivity contribution is -0.0558. The summed E-state index contributed by atoms with van der Waals surface area (Å²) < 4.78 is 25.4. The standard InChI is InChI=1S/C17H23ClFN3O3/c1-17(2,3)25-16(23)22-11-6-10(19)7-12(22)9-13(8-11)24-15-5-4-14(18)20-21-15/h4-5,10-13H,6-9H2,1-3H3. The van der Waals surface area contributed by atoms with Gasteiger partial charge in [0.05, 0.1) is 0 Å². The number of carbonyl (C=O) groups excluding carboxylic acids is 1. The van der Waals surface area contributed by atoms with Crippen LogP contribution in [0.15, 0.2) is 12.1 Å². The fraction of sp³-hybridized carbons (Fsp3) is 0.706. The van der Waals surface area contributed by atoms with Crippen LogP contribution in [0.4, 0.5) is 9.18 Å². The molecule has 25 heavy (non-hydrogen) atoms. The van der Waals surface area contributed by atoms with Gasteiger partial charge in [-0.3, -0.25) is 0 Å². The number of carbonyl (C=O) groups is 1. The lowest BCUT2D eigenvalue weighted by atomic mass is 9.82. The van der Waals surface area contributed by atoms with Gasteiger partial charge >= 0.3 is 6.09 Å². The van der Waals surface area contributed by atoms with Crippen molar-refractivity contribution in [3.05, 3.63) is 17.3 Å². The second-order valence-corrected chi connectivity index (χ2v) is 8.06. The molecular formula is C17H23ClFN3O3. The minimum atomic E-state index is -0.898. The van der Waals surface area contributed by atoms with Crippen molar-refractivity contribution in [1.82, 2.24) is 15.1 Å². The van der Waals surface area contributed by atoms with Gasteiger partial charge in [0.25, 0.3) is 0 Å². The highest BCUT2D eigenvalue weighted by Gasteiger charge is 2.46. The van der Waals surface area contributed by atoms with E-state index in [2.05, 4.69) is 10.2 Å². The molecule has 2 aliphatic heterocycles. The first-order valence-corrected chi connectivity index (χ1v) is 8.90. The zero-order valence-corrected chi connectivity index (χ0v) is 15.4. The maximum atomic E-state index is 14.0. The third-order valence-corrected chi connectivity index (χ3v) is 4.61. The van der Waals surface area contributed by atoms with Gasteiger partial charge in [-0.2, -0.15) is 0 Å². The molecule has 1 aromatic heterocycles. The molecule has 2 saturated heterocycles. The highest BCUT2D eigenvalue weighted by atomic mass is 35.5. The Bertz CT molecular complexity index is 607. The van der Waals surface area contributed by atoms with Crippen LogP contribution < -0.4 is 4.74 Å². The summed E-state index contributed by atoms with van der Waals surface area (Å²) >= 11 is 5.73. The Hall–Kier alpha value is -1.63. The van der Waals surface area contributed by atoms with E-state index in [4.69, 9.17) is 21.1 Å². The number of hydrogen-bond donors (Lipinski definition) is 0. The zero-order chi connectivity index (χ0) is 18.2. The highest BCUT2D eigenvalue weighted by Crippen LogP contribution is 2.37. The fourth-order valence-corrected chi connectivity index (χ4v) is 3.68. The van der Waals surface area contributed by atoms with Crippen molar-refractivity contribution in [3.63, 3.8) is 0 Å². The third-order valence-electron chi connectivity index (χ3n) is 4.41. The SMILES string of the molecule is CC(C)(C)OC(=O)N1C2CC(F)CC1CC(Oc1ccc(Cl)nn1)C2. The highest BCUT2D eigenvalue weighted by molar-refractivity contribution is 6.29. The van der Waals surface area contributed by atoms with E-state index in [1.807, 2.05) is 20.8 Å². The Balaban J connectivity index is 1.70. The molecule has 0 saturated carbocycles. The maximum Gasteiger partial charge on any atom is 0.410 e. The minimum Gasteiger partial charge on any atom is -0.473 e. The van der Waals surface area contributed by atoms with Gasteiger partial charge in [-0.15, -0.1) is 10.2 Å². The number of fused-ring (bicyclic) bond motifs is 2. The van der Waals surface area contributed by atoms with Crippen LogP contribution in [0, 0.1) is 0 Å². The molecular weight excluding hydrogens is 349 g/mol. The molecule has 0 aromatic carbocycles. The van der Waals surface area contributed by atoms with E-state index >= 15 is 0 Å². The van der Waals surface area contributed by atoms with E-state index in [9.17, 15) is 9.18 Å². The molecule has 2 bridgehead atoms. The number of amides is 1. The van der Waals surface area contributed by atoms with Crippen molar-refractivity contribution in [2.75, 3.05) is 0 Å². The van der Waals surface area contributed by atoms with E-state index in [0.29, 0.717) is 36.7 Å². The topological polar surface area (TPSA) is 64.5 Å². The molecule has 0 N–H and O–H groups in total. The number of aromatic nitrogens is 2. The molecule has 0 radical (unpaired) electrons. The average Bonchev–Trinajstić information content (AvgIpc) is 2.46. The Morgan fingerprint density at radius 2 is 1.84 bits per heavy atom. The molecule has 138 valence electrons. The Morgan fingerprint density at radius 1 is 1.20 bits per heavy atom. The van der Waals surface area contributed by atoms with Gasteiger partial charge in [0.1, 0.15) is 17.9 Å². The van der Waals surface area contributed by atoms with Gasteiger partial charge in [-0.05, 0) is 39.7 Å². The first kappa shape index (κ1) is 18.2. The average molecular weight is 372 g/mol. The molecule has 1 aromatic rings. The monoisotopic (exact) mass is 371 g/mol. The van der Waals surface area contributed by atoms with Crippen LogP contribution in [0.2, 0.25) is 5.15 Å². The number of rotatable bonds is 2. The first-order valence-electron chi connectivity index (χ1n) is 8.52. The van der Waals surface area contributed by atoms with Gasteiger partial charge in [-0.1, -0.05) is 11.6 Å². The van der Waals surface area contributed by atoms with Crippen molar-refractivity contribution in [3.8, 4) is 5.88 Å². The molecule has 1 amide bonds. The zero-order valence-electron chi connectivity index (χ0n) is 14.6. The summed E-state index contributed by atoms with van der Waals surface area (Å²) in [6.45, 7) is 5.48. The summed E-state index contributed by atoms with van der Waals surface area (Å²) in [4.78, 5) is 14.2. The summed E-state index contributed by atoms with van der Waals surface area (Å²) in [5.41, 5.74) is -0.577. The third kappa shape index (κ3) is 4.51. The van der Waals surface area contributed by atoms with E-state index in [1.54, 1.807) is 17.0 Å². The molecule has 2 fully saturated rings. The van der Waals surface area contributed by atoms with Gasteiger partial charge in [0.15, 0.2) is 5.15 Å². The molecule has 0 aliphatic carbocycles. The summed E-state index contributed by atoms with van der Waals surface area (Å²) in [7, 11) is 0. The molecule has 3 heterocycles. The van der Waals surface area contributed by atoms with Crippen molar-refractivity contribution >= 4 is 17.7 Å². The number of nitrogens with zero attached hydrogens (tertiary/aromatic N) is 3. The van der Waals surface area contributed by atoms with Crippen LogP contribution in [0.3, 0.4) is 0 Å². The number of halogens is 2. The molecule has 2 unspecified atom stereocenters. The molecule has 0 spiro atoms. The normalized spacial score (nSPS) is 29.2. The van der Waals surface area contributed by atoms with E-state index in [-0.39, 0.29) is 24.3 Å². The van der Waals surface area contributed by atoms with Crippen LogP contribution in [0.5, 0.6) is 5.88 Å².